The van der Waals surface area contributed by atoms with Crippen molar-refractivity contribution < 1.29 is 13.5 Å². The van der Waals surface area contributed by atoms with Gasteiger partial charge in [0.2, 0.25) is 10.0 Å². The largest absolute Gasteiger partial charge is 0.395 e. The van der Waals surface area contributed by atoms with Crippen molar-refractivity contribution in [2.24, 2.45) is 0 Å². The van der Waals surface area contributed by atoms with E-state index in [2.05, 4.69) is 9.71 Å². The molecule has 1 aromatic heterocycles. The van der Waals surface area contributed by atoms with Crippen LogP contribution in [0.2, 0.25) is 0 Å². The van der Waals surface area contributed by atoms with Crippen molar-refractivity contribution in [3.8, 4) is 0 Å². The number of aryl methyl sites for hydroxylation is 2. The molecule has 0 saturated carbocycles. The summed E-state index contributed by atoms with van der Waals surface area (Å²) in [6.07, 6.45) is 0. The van der Waals surface area contributed by atoms with Crippen LogP contribution >= 0.6 is 0 Å². The molecule has 16 heavy (non-hydrogen) atoms. The molecule has 5 nitrogen and oxygen atoms in total. The second-order valence-corrected chi connectivity index (χ2v) is 5.82. The Balaban J connectivity index is 2.97. The second-order valence-electron chi connectivity index (χ2n) is 3.73. The van der Waals surface area contributed by atoms with Crippen LogP contribution in [0.25, 0.3) is 0 Å². The number of nitrogens with one attached hydrogen (secondary N) is 1. The topological polar surface area (TPSA) is 79.3 Å². The van der Waals surface area contributed by atoms with Crippen LogP contribution in [0, 0.1) is 13.8 Å². The molecule has 0 aliphatic carbocycles. The zero-order valence-corrected chi connectivity index (χ0v) is 10.4. The van der Waals surface area contributed by atoms with E-state index in [1.165, 1.54) is 6.92 Å². The second kappa shape index (κ2) is 4.80. The molecule has 6 heteroatoms. The molecule has 1 aromatic rings. The lowest BCUT2D eigenvalue weighted by atomic mass is 10.3. The van der Waals surface area contributed by atoms with Gasteiger partial charge in [0.25, 0.3) is 0 Å². The van der Waals surface area contributed by atoms with Crippen molar-refractivity contribution in [3.63, 3.8) is 0 Å². The van der Waals surface area contributed by atoms with Gasteiger partial charge in [0.05, 0.1) is 18.0 Å². The molecule has 90 valence electrons. The van der Waals surface area contributed by atoms with Crippen molar-refractivity contribution in [1.82, 2.24) is 4.98 Å². The van der Waals surface area contributed by atoms with E-state index in [-0.39, 0.29) is 0 Å². The number of aliphatic hydroxyl groups is 1. The molecule has 1 rings (SSSR count). The fourth-order valence-electron chi connectivity index (χ4n) is 1.15. The summed E-state index contributed by atoms with van der Waals surface area (Å²) in [4.78, 5) is 4.15. The number of hydrogen-bond donors (Lipinski definition) is 2. The van der Waals surface area contributed by atoms with Crippen molar-refractivity contribution in [2.75, 3.05) is 11.3 Å². The van der Waals surface area contributed by atoms with Crippen LogP contribution < -0.4 is 4.72 Å². The highest BCUT2D eigenvalue weighted by Gasteiger charge is 2.20. The zero-order chi connectivity index (χ0) is 12.3. The minimum absolute atomic E-state index is 0.409. The molecule has 1 unspecified atom stereocenters. The van der Waals surface area contributed by atoms with Gasteiger partial charge in [-0.25, -0.2) is 8.42 Å². The van der Waals surface area contributed by atoms with Crippen LogP contribution in [0.1, 0.15) is 18.3 Å². The first kappa shape index (κ1) is 12.9. The first-order valence-electron chi connectivity index (χ1n) is 4.93. The third-order valence-electron chi connectivity index (χ3n) is 2.26. The number of aliphatic hydroxyl groups excluding tert-OH is 1. The molecule has 0 aromatic carbocycles. The SMILES string of the molecule is Cc1ccc(NS(=O)(=O)C(C)CO)c(C)n1. The Labute approximate surface area is 95.6 Å². The maximum atomic E-state index is 11.7. The summed E-state index contributed by atoms with van der Waals surface area (Å²) < 4.78 is 25.8. The van der Waals surface area contributed by atoms with E-state index in [0.29, 0.717) is 11.4 Å². The Morgan fingerprint density at radius 2 is 2.06 bits per heavy atom. The predicted octanol–water partition coefficient (Wildman–Crippen LogP) is 0.821. The number of anilines is 1. The Hall–Kier alpha value is -1.14. The monoisotopic (exact) mass is 244 g/mol. The molecule has 0 radical (unpaired) electrons. The molecular formula is C10H16N2O3S. The van der Waals surface area contributed by atoms with Gasteiger partial charge in [0, 0.05) is 5.69 Å². The first-order valence-corrected chi connectivity index (χ1v) is 6.48. The average Bonchev–Trinajstić information content (AvgIpc) is 2.21. The molecule has 0 aliphatic heterocycles. The van der Waals surface area contributed by atoms with Crippen molar-refractivity contribution in [3.05, 3.63) is 23.5 Å². The van der Waals surface area contributed by atoms with Gasteiger partial charge in [-0.05, 0) is 32.9 Å². The molecule has 0 fully saturated rings. The van der Waals surface area contributed by atoms with Crippen molar-refractivity contribution >= 4 is 15.7 Å². The summed E-state index contributed by atoms with van der Waals surface area (Å²) in [6, 6.07) is 3.40. The highest BCUT2D eigenvalue weighted by Crippen LogP contribution is 2.15. The molecule has 2 N–H and O–H groups in total. The van der Waals surface area contributed by atoms with Gasteiger partial charge < -0.3 is 5.11 Å². The van der Waals surface area contributed by atoms with Gasteiger partial charge in [-0.2, -0.15) is 0 Å². The molecule has 0 aliphatic rings. The highest BCUT2D eigenvalue weighted by molar-refractivity contribution is 7.93. The van der Waals surface area contributed by atoms with E-state index in [9.17, 15) is 8.42 Å². The average molecular weight is 244 g/mol. The fourth-order valence-corrected chi connectivity index (χ4v) is 2.07. The predicted molar refractivity (Wildman–Crippen MR) is 62.8 cm³/mol. The number of hydrogen-bond acceptors (Lipinski definition) is 4. The Bertz CT molecular complexity index is 471. The van der Waals surface area contributed by atoms with Gasteiger partial charge >= 0.3 is 0 Å². The summed E-state index contributed by atoms with van der Waals surface area (Å²) in [5, 5.41) is 7.99. The standard InChI is InChI=1S/C10H16N2O3S/c1-7-4-5-10(9(3)11-7)12-16(14,15)8(2)6-13/h4-5,8,12-13H,6H2,1-3H3. The van der Waals surface area contributed by atoms with Crippen LogP contribution in [0.15, 0.2) is 12.1 Å². The van der Waals surface area contributed by atoms with Gasteiger partial charge in [-0.1, -0.05) is 0 Å². The van der Waals surface area contributed by atoms with E-state index >= 15 is 0 Å². The van der Waals surface area contributed by atoms with E-state index < -0.39 is 21.9 Å². The Morgan fingerprint density at radius 3 is 2.56 bits per heavy atom. The highest BCUT2D eigenvalue weighted by atomic mass is 32.2. The number of nitrogens with zero attached hydrogens (tertiary/aromatic N) is 1. The molecule has 0 bridgehead atoms. The van der Waals surface area contributed by atoms with Crippen LogP contribution in [-0.2, 0) is 10.0 Å². The maximum absolute atomic E-state index is 11.7. The van der Waals surface area contributed by atoms with E-state index in [1.54, 1.807) is 19.1 Å². The Morgan fingerprint density at radius 1 is 1.44 bits per heavy atom. The third-order valence-corrected chi connectivity index (χ3v) is 3.98. The normalized spacial score (nSPS) is 13.5. The lowest BCUT2D eigenvalue weighted by molar-refractivity contribution is 0.296. The molecule has 1 heterocycles. The smallest absolute Gasteiger partial charge is 0.237 e. The van der Waals surface area contributed by atoms with Crippen molar-refractivity contribution in [2.45, 2.75) is 26.0 Å². The first-order chi connectivity index (χ1) is 7.36. The number of pyridine rings is 1. The lowest BCUT2D eigenvalue weighted by Gasteiger charge is -2.13. The van der Waals surface area contributed by atoms with E-state index in [4.69, 9.17) is 5.11 Å². The zero-order valence-electron chi connectivity index (χ0n) is 9.56. The summed E-state index contributed by atoms with van der Waals surface area (Å²) in [6.45, 7) is 4.60. The van der Waals surface area contributed by atoms with Gasteiger partial charge in [-0.3, -0.25) is 9.71 Å². The van der Waals surface area contributed by atoms with E-state index in [0.717, 1.165) is 5.69 Å². The van der Waals surface area contributed by atoms with Gasteiger partial charge in [0.15, 0.2) is 0 Å². The summed E-state index contributed by atoms with van der Waals surface area (Å²) in [5.74, 6) is 0. The van der Waals surface area contributed by atoms with Crippen LogP contribution in [0.3, 0.4) is 0 Å². The number of sulfonamides is 1. The minimum atomic E-state index is -3.54. The van der Waals surface area contributed by atoms with Crippen molar-refractivity contribution in [1.29, 1.82) is 0 Å². The summed E-state index contributed by atoms with van der Waals surface area (Å²) in [7, 11) is -3.54. The molecule has 0 saturated heterocycles. The number of aromatic nitrogens is 1. The number of rotatable bonds is 4. The van der Waals surface area contributed by atoms with Crippen LogP contribution in [0.4, 0.5) is 5.69 Å². The fraction of sp³-hybridized carbons (Fsp3) is 0.500. The van der Waals surface area contributed by atoms with Gasteiger partial charge in [0.1, 0.15) is 5.25 Å². The molecule has 0 amide bonds. The summed E-state index contributed by atoms with van der Waals surface area (Å²) in [5.41, 5.74) is 1.90. The third kappa shape index (κ3) is 2.93. The van der Waals surface area contributed by atoms with Gasteiger partial charge in [-0.15, -0.1) is 0 Å². The molecule has 0 spiro atoms. The minimum Gasteiger partial charge on any atom is -0.395 e. The maximum Gasteiger partial charge on any atom is 0.237 e. The Kier molecular flexibility index (Phi) is 3.88. The quantitative estimate of drug-likeness (QED) is 0.822. The lowest BCUT2D eigenvalue weighted by Crippen LogP contribution is -2.28. The van der Waals surface area contributed by atoms with Crippen LogP contribution in [0.5, 0.6) is 0 Å². The van der Waals surface area contributed by atoms with Crippen LogP contribution in [-0.4, -0.2) is 30.4 Å². The summed E-state index contributed by atoms with van der Waals surface area (Å²) >= 11 is 0. The molecule has 1 atom stereocenters. The molecular weight excluding hydrogens is 228 g/mol. The van der Waals surface area contributed by atoms with E-state index in [1.807, 2.05) is 6.92 Å².